The Morgan fingerprint density at radius 2 is 2.00 bits per heavy atom. The summed E-state index contributed by atoms with van der Waals surface area (Å²) in [5.41, 5.74) is 11.0. The molecule has 4 rings (SSSR count). The number of amides is 1. The second kappa shape index (κ2) is 8.15. The minimum absolute atomic E-state index is 0.183. The first-order valence-corrected chi connectivity index (χ1v) is 9.94. The molecule has 2 aromatic carbocycles. The van der Waals surface area contributed by atoms with E-state index in [0.717, 1.165) is 37.9 Å². The lowest BCUT2D eigenvalue weighted by atomic mass is 10.0. The van der Waals surface area contributed by atoms with Crippen LogP contribution in [0.2, 0.25) is 0 Å². The normalized spacial score (nSPS) is 16.8. The van der Waals surface area contributed by atoms with E-state index in [9.17, 15) is 9.18 Å². The van der Waals surface area contributed by atoms with Crippen molar-refractivity contribution >= 4 is 23.2 Å². The largest absolute Gasteiger partial charge is 0.371 e. The van der Waals surface area contributed by atoms with E-state index in [1.54, 1.807) is 6.07 Å². The first kappa shape index (κ1) is 18.7. The van der Waals surface area contributed by atoms with Crippen LogP contribution in [0.5, 0.6) is 0 Å². The second-order valence-corrected chi connectivity index (χ2v) is 7.67. The molecular formula is C23H26FN3O. The summed E-state index contributed by atoms with van der Waals surface area (Å²) in [6.45, 7) is 2.63. The number of halogens is 1. The number of carbonyl (C=O) groups excluding carboxylic acids is 1. The Kier molecular flexibility index (Phi) is 5.44. The fourth-order valence-corrected chi connectivity index (χ4v) is 4.13. The molecule has 1 fully saturated rings. The molecule has 1 amide bonds. The molecule has 1 aliphatic heterocycles. The number of primary amides is 1. The lowest BCUT2D eigenvalue weighted by Gasteiger charge is -2.34. The maximum Gasteiger partial charge on any atom is 0.218 e. The maximum absolute atomic E-state index is 13.5. The first-order valence-electron chi connectivity index (χ1n) is 9.94. The number of rotatable bonds is 6. The second-order valence-electron chi connectivity index (χ2n) is 7.67. The average Bonchev–Trinajstić information content (AvgIpc) is 3.12. The van der Waals surface area contributed by atoms with Crippen LogP contribution in [0.1, 0.15) is 36.0 Å². The molecule has 3 N–H and O–H groups in total. The molecule has 0 unspecified atom stereocenters. The molecule has 0 saturated carbocycles. The third kappa shape index (κ3) is 4.25. The Labute approximate surface area is 165 Å². The minimum Gasteiger partial charge on any atom is -0.371 e. The average molecular weight is 379 g/mol. The molecule has 2 aliphatic rings. The van der Waals surface area contributed by atoms with Crippen molar-refractivity contribution in [3.8, 4) is 0 Å². The summed E-state index contributed by atoms with van der Waals surface area (Å²) in [6.07, 6.45) is 5.45. The van der Waals surface area contributed by atoms with Gasteiger partial charge in [-0.05, 0) is 65.8 Å². The molecular weight excluding hydrogens is 353 g/mol. The highest BCUT2D eigenvalue weighted by atomic mass is 19.1. The zero-order valence-corrected chi connectivity index (χ0v) is 16.0. The molecule has 1 saturated heterocycles. The van der Waals surface area contributed by atoms with Gasteiger partial charge >= 0.3 is 0 Å². The van der Waals surface area contributed by atoms with E-state index < -0.39 is 0 Å². The van der Waals surface area contributed by atoms with Gasteiger partial charge in [-0.1, -0.05) is 24.3 Å². The van der Waals surface area contributed by atoms with E-state index in [2.05, 4.69) is 40.6 Å². The van der Waals surface area contributed by atoms with Crippen molar-refractivity contribution in [2.24, 2.45) is 5.73 Å². The number of fused-ring (bicyclic) bond motifs is 1. The summed E-state index contributed by atoms with van der Waals surface area (Å²) < 4.78 is 13.5. The van der Waals surface area contributed by atoms with Crippen molar-refractivity contribution < 1.29 is 9.18 Å². The number of carbonyl (C=O) groups is 1. The van der Waals surface area contributed by atoms with Gasteiger partial charge in [-0.15, -0.1) is 0 Å². The minimum atomic E-state index is -0.257. The number of nitrogens with zero attached hydrogens (tertiary/aromatic N) is 1. The third-order valence-electron chi connectivity index (χ3n) is 5.70. The zero-order chi connectivity index (χ0) is 19.5. The molecule has 0 bridgehead atoms. The molecule has 0 atom stereocenters. The van der Waals surface area contributed by atoms with Crippen molar-refractivity contribution in [1.82, 2.24) is 5.32 Å². The van der Waals surface area contributed by atoms with E-state index in [0.29, 0.717) is 19.0 Å². The Balaban J connectivity index is 1.39. The molecule has 0 radical (unpaired) electrons. The number of anilines is 1. The van der Waals surface area contributed by atoms with Crippen molar-refractivity contribution in [2.75, 3.05) is 24.5 Å². The summed E-state index contributed by atoms with van der Waals surface area (Å²) in [4.78, 5) is 13.3. The highest BCUT2D eigenvalue weighted by Gasteiger charge is 2.20. The van der Waals surface area contributed by atoms with E-state index >= 15 is 0 Å². The van der Waals surface area contributed by atoms with Gasteiger partial charge in [-0.3, -0.25) is 4.79 Å². The summed E-state index contributed by atoms with van der Waals surface area (Å²) in [6, 6.07) is 14.1. The predicted molar refractivity (Wildman–Crippen MR) is 111 cm³/mol. The highest BCUT2D eigenvalue weighted by Crippen LogP contribution is 2.33. The van der Waals surface area contributed by atoms with Crippen LogP contribution in [0.3, 0.4) is 0 Å². The fourth-order valence-electron chi connectivity index (χ4n) is 4.13. The van der Waals surface area contributed by atoms with E-state index in [1.165, 1.54) is 28.5 Å². The lowest BCUT2D eigenvalue weighted by Crippen LogP contribution is -2.43. The van der Waals surface area contributed by atoms with E-state index in [1.807, 2.05) is 6.07 Å². The standard InChI is InChI=1S/C23H26FN3O/c24-20-5-4-17-12-18(13-19(17)14-20)16-2-1-3-22(15-16)27-10-7-21(8-11-27)26-9-6-23(25)28/h1-5,13-15,21,26H,6-12H2,(H2,25,28). The van der Waals surface area contributed by atoms with Crippen molar-refractivity contribution in [1.29, 1.82) is 0 Å². The molecule has 146 valence electrons. The molecule has 2 aromatic rings. The molecule has 1 heterocycles. The van der Waals surface area contributed by atoms with E-state index in [-0.39, 0.29) is 11.7 Å². The van der Waals surface area contributed by atoms with Crippen LogP contribution in [0, 0.1) is 5.82 Å². The zero-order valence-electron chi connectivity index (χ0n) is 16.0. The van der Waals surface area contributed by atoms with Crippen LogP contribution in [0.25, 0.3) is 11.6 Å². The third-order valence-corrected chi connectivity index (χ3v) is 5.70. The van der Waals surface area contributed by atoms with Crippen LogP contribution in [-0.4, -0.2) is 31.6 Å². The summed E-state index contributed by atoms with van der Waals surface area (Å²) in [5, 5.41) is 3.43. The van der Waals surface area contributed by atoms with Crippen molar-refractivity contribution in [3.63, 3.8) is 0 Å². The van der Waals surface area contributed by atoms with Crippen molar-refractivity contribution in [3.05, 3.63) is 65.0 Å². The molecule has 5 heteroatoms. The maximum atomic E-state index is 13.5. The van der Waals surface area contributed by atoms with Crippen LogP contribution >= 0.6 is 0 Å². The Morgan fingerprint density at radius 1 is 1.18 bits per heavy atom. The molecule has 0 spiro atoms. The molecule has 0 aromatic heterocycles. The number of nitrogens with two attached hydrogens (primary N) is 1. The van der Waals surface area contributed by atoms with Crippen molar-refractivity contribution in [2.45, 2.75) is 31.7 Å². The molecule has 28 heavy (non-hydrogen) atoms. The van der Waals surface area contributed by atoms with Crippen LogP contribution < -0.4 is 16.0 Å². The summed E-state index contributed by atoms with van der Waals surface area (Å²) >= 11 is 0. The Morgan fingerprint density at radius 3 is 2.79 bits per heavy atom. The lowest BCUT2D eigenvalue weighted by molar-refractivity contribution is -0.117. The highest BCUT2D eigenvalue weighted by molar-refractivity contribution is 5.89. The first-order chi connectivity index (χ1) is 13.6. The number of nitrogens with one attached hydrogen (secondary N) is 1. The Bertz CT molecular complexity index is 900. The van der Waals surface area contributed by atoms with Gasteiger partial charge in [-0.2, -0.15) is 0 Å². The fraction of sp³-hybridized carbons (Fsp3) is 0.348. The topological polar surface area (TPSA) is 58.4 Å². The van der Waals surface area contributed by atoms with Gasteiger partial charge in [0.2, 0.25) is 5.91 Å². The monoisotopic (exact) mass is 379 g/mol. The SMILES string of the molecule is NC(=O)CCNC1CCN(c2cccc(C3=Cc4cc(F)ccc4C3)c2)CC1. The van der Waals surface area contributed by atoms with Gasteiger partial charge in [0.15, 0.2) is 0 Å². The van der Waals surface area contributed by atoms with Gasteiger partial charge in [0.1, 0.15) is 5.82 Å². The number of hydrogen-bond donors (Lipinski definition) is 2. The van der Waals surface area contributed by atoms with Crippen LogP contribution in [-0.2, 0) is 11.2 Å². The number of allylic oxidation sites excluding steroid dienone is 1. The molecule has 1 aliphatic carbocycles. The van der Waals surface area contributed by atoms with Gasteiger partial charge in [0, 0.05) is 37.8 Å². The van der Waals surface area contributed by atoms with E-state index in [4.69, 9.17) is 5.73 Å². The smallest absolute Gasteiger partial charge is 0.218 e. The van der Waals surface area contributed by atoms with Gasteiger partial charge in [0.05, 0.1) is 0 Å². The van der Waals surface area contributed by atoms with Gasteiger partial charge < -0.3 is 16.0 Å². The van der Waals surface area contributed by atoms with Gasteiger partial charge in [-0.25, -0.2) is 4.39 Å². The van der Waals surface area contributed by atoms with Crippen LogP contribution in [0.15, 0.2) is 42.5 Å². The molecule has 4 nitrogen and oxygen atoms in total. The number of hydrogen-bond acceptors (Lipinski definition) is 3. The Hall–Kier alpha value is -2.66. The number of piperidine rings is 1. The van der Waals surface area contributed by atoms with Gasteiger partial charge in [0.25, 0.3) is 0 Å². The number of benzene rings is 2. The summed E-state index contributed by atoms with van der Waals surface area (Å²) in [5.74, 6) is -0.440. The van der Waals surface area contributed by atoms with Crippen LogP contribution in [0.4, 0.5) is 10.1 Å². The quantitative estimate of drug-likeness (QED) is 0.809. The predicted octanol–water partition coefficient (Wildman–Crippen LogP) is 3.36. The summed E-state index contributed by atoms with van der Waals surface area (Å²) in [7, 11) is 0.